The fourth-order valence-electron chi connectivity index (χ4n) is 1.74. The zero-order chi connectivity index (χ0) is 15.5. The quantitative estimate of drug-likeness (QED) is 0.696. The largest absolute Gasteiger partial charge is 0.398 e. The lowest BCUT2D eigenvalue weighted by Crippen LogP contribution is -2.39. The van der Waals surface area contributed by atoms with Crippen molar-refractivity contribution in [3.05, 3.63) is 23.3 Å². The van der Waals surface area contributed by atoms with Gasteiger partial charge in [-0.3, -0.25) is 4.79 Å². The molecule has 0 aliphatic heterocycles. The number of sulfonamides is 1. The van der Waals surface area contributed by atoms with Gasteiger partial charge in [0.25, 0.3) is 0 Å². The molecule has 1 aromatic rings. The van der Waals surface area contributed by atoms with Gasteiger partial charge in [-0.15, -0.1) is 0 Å². The number of hydrogen-bond donors (Lipinski definition) is 3. The lowest BCUT2D eigenvalue weighted by Gasteiger charge is -2.13. The summed E-state index contributed by atoms with van der Waals surface area (Å²) >= 11 is 0. The van der Waals surface area contributed by atoms with Crippen molar-refractivity contribution in [3.8, 4) is 0 Å². The van der Waals surface area contributed by atoms with Crippen molar-refractivity contribution in [1.29, 1.82) is 0 Å². The van der Waals surface area contributed by atoms with Crippen LogP contribution in [0.25, 0.3) is 0 Å². The topological polar surface area (TPSA) is 101 Å². The summed E-state index contributed by atoms with van der Waals surface area (Å²) in [6.45, 7) is 6.71. The van der Waals surface area contributed by atoms with Gasteiger partial charge in [0.15, 0.2) is 0 Å². The Kier molecular flexibility index (Phi) is 5.13. The molecule has 0 saturated carbocycles. The van der Waals surface area contributed by atoms with E-state index in [0.29, 0.717) is 11.3 Å². The molecule has 4 N–H and O–H groups in total. The molecule has 0 unspecified atom stereocenters. The maximum absolute atomic E-state index is 12.2. The number of carbonyl (C=O) groups is 1. The van der Waals surface area contributed by atoms with E-state index in [1.807, 2.05) is 0 Å². The summed E-state index contributed by atoms with van der Waals surface area (Å²) in [6, 6.07) is 3.21. The molecule has 0 aliphatic rings. The monoisotopic (exact) mass is 299 g/mol. The summed E-state index contributed by atoms with van der Waals surface area (Å²) in [5.41, 5.74) is 7.41. The highest BCUT2D eigenvalue weighted by atomic mass is 32.2. The fraction of sp³-hybridized carbons (Fsp3) is 0.462. The van der Waals surface area contributed by atoms with Crippen molar-refractivity contribution in [2.24, 2.45) is 0 Å². The van der Waals surface area contributed by atoms with E-state index in [-0.39, 0.29) is 23.4 Å². The van der Waals surface area contributed by atoms with Crippen LogP contribution in [-0.4, -0.2) is 26.9 Å². The van der Waals surface area contributed by atoms with Gasteiger partial charge in [0.1, 0.15) is 0 Å². The van der Waals surface area contributed by atoms with Crippen molar-refractivity contribution < 1.29 is 13.2 Å². The normalized spacial score (nSPS) is 11.7. The van der Waals surface area contributed by atoms with Crippen LogP contribution in [0.3, 0.4) is 0 Å². The van der Waals surface area contributed by atoms with Crippen molar-refractivity contribution in [3.63, 3.8) is 0 Å². The number of rotatable bonds is 5. The number of nitrogens with one attached hydrogen (secondary N) is 2. The second-order valence-electron chi connectivity index (χ2n) is 5.02. The minimum Gasteiger partial charge on any atom is -0.398 e. The van der Waals surface area contributed by atoms with Gasteiger partial charge in [-0.2, -0.15) is 0 Å². The van der Waals surface area contributed by atoms with Gasteiger partial charge < -0.3 is 11.1 Å². The third-order valence-electron chi connectivity index (χ3n) is 2.71. The van der Waals surface area contributed by atoms with Crippen LogP contribution < -0.4 is 15.8 Å². The molecule has 20 heavy (non-hydrogen) atoms. The summed E-state index contributed by atoms with van der Waals surface area (Å²) in [4.78, 5) is 11.6. The molecule has 112 valence electrons. The first-order valence-electron chi connectivity index (χ1n) is 6.29. The first-order valence-corrected chi connectivity index (χ1v) is 7.77. The number of amides is 1. The van der Waals surface area contributed by atoms with Gasteiger partial charge >= 0.3 is 0 Å². The molecule has 1 amide bonds. The van der Waals surface area contributed by atoms with Crippen molar-refractivity contribution in [2.75, 3.05) is 12.3 Å². The molecule has 0 atom stereocenters. The van der Waals surface area contributed by atoms with E-state index in [0.717, 1.165) is 5.56 Å². The van der Waals surface area contributed by atoms with E-state index in [9.17, 15) is 13.2 Å². The summed E-state index contributed by atoms with van der Waals surface area (Å²) < 4.78 is 26.7. The highest BCUT2D eigenvalue weighted by molar-refractivity contribution is 7.89. The molecule has 6 nitrogen and oxygen atoms in total. The van der Waals surface area contributed by atoms with E-state index >= 15 is 0 Å². The lowest BCUT2D eigenvalue weighted by molar-refractivity contribution is -0.120. The maximum Gasteiger partial charge on any atom is 0.241 e. The Morgan fingerprint density at radius 3 is 2.45 bits per heavy atom. The standard InChI is InChI=1S/C13H21N3O3S/c1-8(2)16-13(17)7-15-20(18,19)12-6-9(3)5-11(14)10(12)4/h5-6,8,15H,7,14H2,1-4H3,(H,16,17). The third kappa shape index (κ3) is 4.21. The van der Waals surface area contributed by atoms with E-state index in [1.165, 1.54) is 6.07 Å². The molecule has 7 heteroatoms. The Morgan fingerprint density at radius 1 is 1.30 bits per heavy atom. The molecule has 0 fully saturated rings. The minimum absolute atomic E-state index is 0.0386. The number of nitrogen functional groups attached to an aromatic ring is 1. The van der Waals surface area contributed by atoms with Crippen LogP contribution in [0, 0.1) is 13.8 Å². The van der Waals surface area contributed by atoms with E-state index in [4.69, 9.17) is 5.73 Å². The smallest absolute Gasteiger partial charge is 0.241 e. The Labute approximate surface area is 119 Å². The Balaban J connectivity index is 2.93. The number of aryl methyl sites for hydroxylation is 1. The van der Waals surface area contributed by atoms with Gasteiger partial charge in [-0.05, 0) is 51.0 Å². The maximum atomic E-state index is 12.2. The van der Waals surface area contributed by atoms with Crippen LogP contribution in [-0.2, 0) is 14.8 Å². The number of hydrogen-bond acceptors (Lipinski definition) is 4. The second kappa shape index (κ2) is 6.23. The summed E-state index contributed by atoms with van der Waals surface area (Å²) in [6.07, 6.45) is 0. The molecule has 0 radical (unpaired) electrons. The summed E-state index contributed by atoms with van der Waals surface area (Å²) in [7, 11) is -3.76. The Bertz CT molecular complexity index is 610. The average molecular weight is 299 g/mol. The van der Waals surface area contributed by atoms with Crippen molar-refractivity contribution in [1.82, 2.24) is 10.0 Å². The van der Waals surface area contributed by atoms with E-state index in [2.05, 4.69) is 10.0 Å². The van der Waals surface area contributed by atoms with Crippen LogP contribution in [0.2, 0.25) is 0 Å². The predicted octanol–water partition coefficient (Wildman–Crippen LogP) is 0.689. The van der Waals surface area contributed by atoms with Crippen LogP contribution in [0.4, 0.5) is 5.69 Å². The van der Waals surface area contributed by atoms with Crippen LogP contribution in [0.15, 0.2) is 17.0 Å². The molecule has 0 spiro atoms. The van der Waals surface area contributed by atoms with Gasteiger partial charge in [-0.1, -0.05) is 0 Å². The molecule has 0 bridgehead atoms. The lowest BCUT2D eigenvalue weighted by atomic mass is 10.1. The zero-order valence-electron chi connectivity index (χ0n) is 12.1. The molecular weight excluding hydrogens is 278 g/mol. The SMILES string of the molecule is Cc1cc(N)c(C)c(S(=O)(=O)NCC(=O)NC(C)C)c1. The van der Waals surface area contributed by atoms with Crippen LogP contribution >= 0.6 is 0 Å². The number of nitrogens with two attached hydrogens (primary N) is 1. The first-order chi connectivity index (χ1) is 9.13. The fourth-order valence-corrected chi connectivity index (χ4v) is 3.08. The molecule has 0 aromatic heterocycles. The number of benzene rings is 1. The Morgan fingerprint density at radius 2 is 1.90 bits per heavy atom. The van der Waals surface area contributed by atoms with E-state index < -0.39 is 10.0 Å². The summed E-state index contributed by atoms with van der Waals surface area (Å²) in [5.74, 6) is -0.373. The van der Waals surface area contributed by atoms with Gasteiger partial charge in [0.05, 0.1) is 11.4 Å². The van der Waals surface area contributed by atoms with Gasteiger partial charge in [0.2, 0.25) is 15.9 Å². The summed E-state index contributed by atoms with van der Waals surface area (Å²) in [5, 5.41) is 2.61. The molecule has 0 saturated heterocycles. The number of carbonyl (C=O) groups excluding carboxylic acids is 1. The van der Waals surface area contributed by atoms with Crippen molar-refractivity contribution >= 4 is 21.6 Å². The molecule has 0 heterocycles. The molecule has 0 aliphatic carbocycles. The second-order valence-corrected chi connectivity index (χ2v) is 6.76. The molecular formula is C13H21N3O3S. The highest BCUT2D eigenvalue weighted by Gasteiger charge is 2.19. The van der Waals surface area contributed by atoms with Crippen molar-refractivity contribution in [2.45, 2.75) is 38.6 Å². The molecule has 1 aromatic carbocycles. The highest BCUT2D eigenvalue weighted by Crippen LogP contribution is 2.22. The average Bonchev–Trinajstić information content (AvgIpc) is 2.30. The minimum atomic E-state index is -3.76. The van der Waals surface area contributed by atoms with Gasteiger partial charge in [0, 0.05) is 11.7 Å². The number of anilines is 1. The first kappa shape index (κ1) is 16.5. The predicted molar refractivity (Wildman–Crippen MR) is 78.8 cm³/mol. The third-order valence-corrected chi connectivity index (χ3v) is 4.23. The molecule has 1 rings (SSSR count). The Hall–Kier alpha value is -1.60. The van der Waals surface area contributed by atoms with Crippen LogP contribution in [0.1, 0.15) is 25.0 Å². The van der Waals surface area contributed by atoms with E-state index in [1.54, 1.807) is 33.8 Å². The van der Waals surface area contributed by atoms with Crippen LogP contribution in [0.5, 0.6) is 0 Å². The van der Waals surface area contributed by atoms with Gasteiger partial charge in [-0.25, -0.2) is 13.1 Å². The zero-order valence-corrected chi connectivity index (χ0v) is 13.0.